The van der Waals surface area contributed by atoms with E-state index in [1.54, 1.807) is 19.2 Å². The summed E-state index contributed by atoms with van der Waals surface area (Å²) in [5, 5.41) is 2.59. The first-order valence-corrected chi connectivity index (χ1v) is 5.86. The maximum atomic E-state index is 11.4. The number of carbonyl (C=O) groups is 1. The van der Waals surface area contributed by atoms with E-state index < -0.39 is 0 Å². The summed E-state index contributed by atoms with van der Waals surface area (Å²) in [6, 6.07) is 7.17. The third kappa shape index (κ3) is 3.20. The Labute approximate surface area is 101 Å². The molecule has 0 spiro atoms. The first-order chi connectivity index (χ1) is 8.29. The van der Waals surface area contributed by atoms with E-state index in [1.165, 1.54) is 0 Å². The van der Waals surface area contributed by atoms with Crippen LogP contribution in [0.3, 0.4) is 0 Å². The highest BCUT2D eigenvalue weighted by molar-refractivity contribution is 5.94. The minimum atomic E-state index is -0.104. The summed E-state index contributed by atoms with van der Waals surface area (Å²) >= 11 is 0. The van der Waals surface area contributed by atoms with E-state index in [0.717, 1.165) is 19.4 Å². The minimum absolute atomic E-state index is 0.104. The van der Waals surface area contributed by atoms with Crippen molar-refractivity contribution < 1.29 is 14.3 Å². The van der Waals surface area contributed by atoms with E-state index >= 15 is 0 Å². The standard InChI is InChI=1S/C13H17NO3/c1-14-13(15)10-4-2-5-11(8-10)17-9-12-6-3-7-16-12/h2,4-5,8,12H,3,6-7,9H2,1H3,(H,14,15). The summed E-state index contributed by atoms with van der Waals surface area (Å²) in [4.78, 5) is 11.4. The second-order valence-electron chi connectivity index (χ2n) is 4.05. The average Bonchev–Trinajstić information content (AvgIpc) is 2.89. The van der Waals surface area contributed by atoms with Gasteiger partial charge >= 0.3 is 0 Å². The van der Waals surface area contributed by atoms with Gasteiger partial charge < -0.3 is 14.8 Å². The fourth-order valence-electron chi connectivity index (χ4n) is 1.84. The number of amides is 1. The van der Waals surface area contributed by atoms with Crippen LogP contribution in [0.2, 0.25) is 0 Å². The molecule has 1 aliphatic heterocycles. The van der Waals surface area contributed by atoms with Gasteiger partial charge in [-0.1, -0.05) is 6.07 Å². The van der Waals surface area contributed by atoms with Gasteiger partial charge in [-0.25, -0.2) is 0 Å². The molecule has 1 N–H and O–H groups in total. The number of hydrogen-bond donors (Lipinski definition) is 1. The molecular weight excluding hydrogens is 218 g/mol. The van der Waals surface area contributed by atoms with E-state index in [-0.39, 0.29) is 12.0 Å². The van der Waals surface area contributed by atoms with Gasteiger partial charge in [0.05, 0.1) is 6.10 Å². The molecule has 1 aromatic carbocycles. The second-order valence-corrected chi connectivity index (χ2v) is 4.05. The number of nitrogens with one attached hydrogen (secondary N) is 1. The van der Waals surface area contributed by atoms with Crippen molar-refractivity contribution in [2.24, 2.45) is 0 Å². The van der Waals surface area contributed by atoms with Gasteiger partial charge in [0, 0.05) is 19.2 Å². The molecule has 17 heavy (non-hydrogen) atoms. The first kappa shape index (κ1) is 11.9. The molecule has 92 valence electrons. The molecular formula is C13H17NO3. The van der Waals surface area contributed by atoms with E-state index in [1.807, 2.05) is 12.1 Å². The number of carbonyl (C=O) groups excluding carboxylic acids is 1. The molecule has 2 rings (SSSR count). The highest BCUT2D eigenvalue weighted by atomic mass is 16.5. The molecule has 4 nitrogen and oxygen atoms in total. The molecule has 0 bridgehead atoms. The van der Waals surface area contributed by atoms with Crippen molar-refractivity contribution in [3.8, 4) is 5.75 Å². The summed E-state index contributed by atoms with van der Waals surface area (Å²) in [6.45, 7) is 1.38. The molecule has 1 aliphatic rings. The zero-order valence-electron chi connectivity index (χ0n) is 9.94. The number of hydrogen-bond acceptors (Lipinski definition) is 3. The minimum Gasteiger partial charge on any atom is -0.491 e. The lowest BCUT2D eigenvalue weighted by Crippen LogP contribution is -2.18. The van der Waals surface area contributed by atoms with E-state index in [4.69, 9.17) is 9.47 Å². The van der Waals surface area contributed by atoms with Crippen LogP contribution in [0.4, 0.5) is 0 Å². The Morgan fingerprint density at radius 2 is 2.47 bits per heavy atom. The summed E-state index contributed by atoms with van der Waals surface area (Å²) < 4.78 is 11.1. The molecule has 1 aromatic rings. The molecule has 1 atom stereocenters. The van der Waals surface area contributed by atoms with Crippen LogP contribution in [0.15, 0.2) is 24.3 Å². The predicted octanol–water partition coefficient (Wildman–Crippen LogP) is 1.60. The van der Waals surface area contributed by atoms with Crippen molar-refractivity contribution in [1.82, 2.24) is 5.32 Å². The van der Waals surface area contributed by atoms with Gasteiger partial charge in [-0.3, -0.25) is 4.79 Å². The van der Waals surface area contributed by atoms with E-state index in [2.05, 4.69) is 5.32 Å². The highest BCUT2D eigenvalue weighted by Gasteiger charge is 2.16. The maximum Gasteiger partial charge on any atom is 0.251 e. The summed E-state index contributed by atoms with van der Waals surface area (Å²) in [7, 11) is 1.61. The van der Waals surface area contributed by atoms with Gasteiger partial charge in [-0.15, -0.1) is 0 Å². The third-order valence-corrected chi connectivity index (χ3v) is 2.78. The highest BCUT2D eigenvalue weighted by Crippen LogP contribution is 2.17. The zero-order valence-corrected chi connectivity index (χ0v) is 9.94. The monoisotopic (exact) mass is 235 g/mol. The number of ether oxygens (including phenoxy) is 2. The quantitative estimate of drug-likeness (QED) is 0.862. The van der Waals surface area contributed by atoms with Crippen molar-refractivity contribution in [3.05, 3.63) is 29.8 Å². The SMILES string of the molecule is CNC(=O)c1cccc(OCC2CCCO2)c1. The van der Waals surface area contributed by atoms with Crippen molar-refractivity contribution in [2.45, 2.75) is 18.9 Å². The van der Waals surface area contributed by atoms with Gasteiger partial charge in [-0.05, 0) is 31.0 Å². The molecule has 1 amide bonds. The van der Waals surface area contributed by atoms with Crippen LogP contribution in [0.25, 0.3) is 0 Å². The van der Waals surface area contributed by atoms with Gasteiger partial charge in [0.25, 0.3) is 5.91 Å². The second kappa shape index (κ2) is 5.68. The average molecular weight is 235 g/mol. The maximum absolute atomic E-state index is 11.4. The fraction of sp³-hybridized carbons (Fsp3) is 0.462. The van der Waals surface area contributed by atoms with Crippen molar-refractivity contribution in [2.75, 3.05) is 20.3 Å². The molecule has 1 saturated heterocycles. The van der Waals surface area contributed by atoms with Crippen LogP contribution < -0.4 is 10.1 Å². The largest absolute Gasteiger partial charge is 0.491 e. The van der Waals surface area contributed by atoms with Crippen LogP contribution in [0.1, 0.15) is 23.2 Å². The molecule has 1 fully saturated rings. The van der Waals surface area contributed by atoms with Gasteiger partial charge in [0.1, 0.15) is 12.4 Å². The number of rotatable bonds is 4. The van der Waals surface area contributed by atoms with Crippen LogP contribution in [0.5, 0.6) is 5.75 Å². The molecule has 0 aromatic heterocycles. The summed E-state index contributed by atoms with van der Waals surface area (Å²) in [5.41, 5.74) is 0.609. The first-order valence-electron chi connectivity index (χ1n) is 5.86. The predicted molar refractivity (Wildman–Crippen MR) is 64.3 cm³/mol. The Kier molecular flexibility index (Phi) is 3.98. The Balaban J connectivity index is 1.93. The van der Waals surface area contributed by atoms with Crippen molar-refractivity contribution >= 4 is 5.91 Å². The summed E-state index contributed by atoms with van der Waals surface area (Å²) in [6.07, 6.45) is 2.35. The van der Waals surface area contributed by atoms with Crippen LogP contribution in [-0.4, -0.2) is 32.3 Å². The Morgan fingerprint density at radius 1 is 1.59 bits per heavy atom. The lowest BCUT2D eigenvalue weighted by molar-refractivity contribution is 0.0679. The van der Waals surface area contributed by atoms with Gasteiger partial charge in [-0.2, -0.15) is 0 Å². The van der Waals surface area contributed by atoms with Crippen molar-refractivity contribution in [1.29, 1.82) is 0 Å². The van der Waals surface area contributed by atoms with Crippen LogP contribution in [0, 0.1) is 0 Å². The van der Waals surface area contributed by atoms with Crippen molar-refractivity contribution in [3.63, 3.8) is 0 Å². The fourth-order valence-corrected chi connectivity index (χ4v) is 1.84. The van der Waals surface area contributed by atoms with E-state index in [9.17, 15) is 4.79 Å². The molecule has 0 aliphatic carbocycles. The molecule has 1 heterocycles. The molecule has 1 unspecified atom stereocenters. The molecule has 4 heteroatoms. The Hall–Kier alpha value is -1.55. The number of benzene rings is 1. The van der Waals surface area contributed by atoms with Crippen LogP contribution >= 0.6 is 0 Å². The van der Waals surface area contributed by atoms with Crippen LogP contribution in [-0.2, 0) is 4.74 Å². The Bertz CT molecular complexity index is 386. The Morgan fingerprint density at radius 3 is 3.18 bits per heavy atom. The lowest BCUT2D eigenvalue weighted by atomic mass is 10.2. The van der Waals surface area contributed by atoms with E-state index in [0.29, 0.717) is 17.9 Å². The molecule has 0 saturated carbocycles. The third-order valence-electron chi connectivity index (χ3n) is 2.78. The lowest BCUT2D eigenvalue weighted by Gasteiger charge is -2.11. The molecule has 0 radical (unpaired) electrons. The smallest absolute Gasteiger partial charge is 0.251 e. The zero-order chi connectivity index (χ0) is 12.1. The summed E-state index contributed by atoms with van der Waals surface area (Å²) in [5.74, 6) is 0.606. The van der Waals surface area contributed by atoms with Gasteiger partial charge in [0.15, 0.2) is 0 Å². The topological polar surface area (TPSA) is 47.6 Å². The van der Waals surface area contributed by atoms with Gasteiger partial charge in [0.2, 0.25) is 0 Å². The normalized spacial score (nSPS) is 19.0.